The molecule has 0 radical (unpaired) electrons. The van der Waals surface area contributed by atoms with Crippen molar-refractivity contribution >= 4 is 29.1 Å². The van der Waals surface area contributed by atoms with Gasteiger partial charge in [-0.05, 0) is 31.5 Å². The SMILES string of the molecule is CCC1C(=O)NC(C)C(=O)N1c1cccc(Cl)c1. The molecule has 2 unspecified atom stereocenters. The largest absolute Gasteiger partial charge is 0.343 e. The molecule has 0 saturated carbocycles. The molecule has 96 valence electrons. The minimum absolute atomic E-state index is 0.108. The van der Waals surface area contributed by atoms with Crippen molar-refractivity contribution in [2.45, 2.75) is 32.4 Å². The molecule has 1 aliphatic rings. The lowest BCUT2D eigenvalue weighted by Gasteiger charge is -2.37. The number of benzene rings is 1. The lowest BCUT2D eigenvalue weighted by Crippen LogP contribution is -2.62. The third-order valence-corrected chi connectivity index (χ3v) is 3.29. The first kappa shape index (κ1) is 12.9. The maximum absolute atomic E-state index is 12.2. The van der Waals surface area contributed by atoms with E-state index in [1.165, 1.54) is 4.90 Å². The Hall–Kier alpha value is -1.55. The first-order valence-corrected chi connectivity index (χ1v) is 6.31. The second-order valence-electron chi connectivity index (χ2n) is 4.34. The van der Waals surface area contributed by atoms with Crippen molar-refractivity contribution in [3.05, 3.63) is 29.3 Å². The molecule has 18 heavy (non-hydrogen) atoms. The molecular formula is C13H15ClN2O2. The summed E-state index contributed by atoms with van der Waals surface area (Å²) >= 11 is 5.94. The van der Waals surface area contributed by atoms with Gasteiger partial charge >= 0.3 is 0 Å². The fourth-order valence-electron chi connectivity index (χ4n) is 2.15. The zero-order valence-electron chi connectivity index (χ0n) is 10.3. The van der Waals surface area contributed by atoms with E-state index in [-0.39, 0.29) is 11.8 Å². The lowest BCUT2D eigenvalue weighted by atomic mass is 10.0. The minimum Gasteiger partial charge on any atom is -0.343 e. The summed E-state index contributed by atoms with van der Waals surface area (Å²) in [5.74, 6) is -0.228. The average Bonchev–Trinajstić information content (AvgIpc) is 2.33. The summed E-state index contributed by atoms with van der Waals surface area (Å²) in [6.45, 7) is 3.56. The van der Waals surface area contributed by atoms with E-state index in [1.807, 2.05) is 6.92 Å². The Kier molecular flexibility index (Phi) is 3.57. The fourth-order valence-corrected chi connectivity index (χ4v) is 2.34. The highest BCUT2D eigenvalue weighted by atomic mass is 35.5. The van der Waals surface area contributed by atoms with Gasteiger partial charge in [0.15, 0.2) is 0 Å². The topological polar surface area (TPSA) is 49.4 Å². The molecule has 1 fully saturated rings. The van der Waals surface area contributed by atoms with Crippen LogP contribution in [0.4, 0.5) is 5.69 Å². The third-order valence-electron chi connectivity index (χ3n) is 3.05. The number of amides is 2. The van der Waals surface area contributed by atoms with Gasteiger partial charge in [0.2, 0.25) is 11.8 Å². The molecule has 0 aliphatic carbocycles. The van der Waals surface area contributed by atoms with Gasteiger partial charge in [-0.3, -0.25) is 14.5 Å². The van der Waals surface area contributed by atoms with Crippen molar-refractivity contribution in [3.63, 3.8) is 0 Å². The van der Waals surface area contributed by atoms with Crippen LogP contribution in [0.5, 0.6) is 0 Å². The van der Waals surface area contributed by atoms with Crippen molar-refractivity contribution in [2.24, 2.45) is 0 Å². The minimum atomic E-state index is -0.501. The normalized spacial score (nSPS) is 24.1. The van der Waals surface area contributed by atoms with Gasteiger partial charge in [0.25, 0.3) is 0 Å². The smallest absolute Gasteiger partial charge is 0.250 e. The van der Waals surface area contributed by atoms with Crippen LogP contribution in [0.2, 0.25) is 5.02 Å². The van der Waals surface area contributed by atoms with Gasteiger partial charge in [0, 0.05) is 10.7 Å². The predicted octanol–water partition coefficient (Wildman–Crippen LogP) is 1.97. The number of anilines is 1. The number of hydrogen-bond donors (Lipinski definition) is 1. The number of nitrogens with zero attached hydrogens (tertiary/aromatic N) is 1. The fraction of sp³-hybridized carbons (Fsp3) is 0.385. The Balaban J connectivity index is 2.43. The Labute approximate surface area is 111 Å². The van der Waals surface area contributed by atoms with Crippen LogP contribution in [-0.2, 0) is 9.59 Å². The molecule has 1 aliphatic heterocycles. The van der Waals surface area contributed by atoms with Crippen LogP contribution in [-0.4, -0.2) is 23.9 Å². The van der Waals surface area contributed by atoms with E-state index in [4.69, 9.17) is 11.6 Å². The molecule has 1 saturated heterocycles. The number of piperazine rings is 1. The quantitative estimate of drug-likeness (QED) is 0.890. The molecule has 1 aromatic carbocycles. The van der Waals surface area contributed by atoms with Gasteiger partial charge in [-0.15, -0.1) is 0 Å². The van der Waals surface area contributed by atoms with E-state index >= 15 is 0 Å². The van der Waals surface area contributed by atoms with E-state index in [0.29, 0.717) is 17.1 Å². The number of nitrogens with one attached hydrogen (secondary N) is 1. The summed E-state index contributed by atoms with van der Waals surface area (Å²) in [6.07, 6.45) is 0.566. The molecule has 2 amide bonds. The molecule has 0 aromatic heterocycles. The standard InChI is InChI=1S/C13H15ClN2O2/c1-3-11-12(17)15-8(2)13(18)16(11)10-6-4-5-9(14)7-10/h4-8,11H,3H2,1-2H3,(H,15,17). The summed E-state index contributed by atoms with van der Waals surface area (Å²) in [5.41, 5.74) is 0.668. The number of halogens is 1. The van der Waals surface area contributed by atoms with E-state index in [9.17, 15) is 9.59 Å². The Bertz CT molecular complexity index is 490. The van der Waals surface area contributed by atoms with Gasteiger partial charge in [-0.2, -0.15) is 0 Å². The number of carbonyl (C=O) groups is 2. The van der Waals surface area contributed by atoms with E-state index < -0.39 is 12.1 Å². The molecule has 1 aromatic rings. The van der Waals surface area contributed by atoms with Gasteiger partial charge in [-0.1, -0.05) is 24.6 Å². The third kappa shape index (κ3) is 2.20. The zero-order valence-corrected chi connectivity index (χ0v) is 11.1. The summed E-state index contributed by atoms with van der Waals surface area (Å²) in [5, 5.41) is 3.23. The van der Waals surface area contributed by atoms with Crippen LogP contribution >= 0.6 is 11.6 Å². The summed E-state index contributed by atoms with van der Waals surface area (Å²) < 4.78 is 0. The maximum atomic E-state index is 12.2. The second-order valence-corrected chi connectivity index (χ2v) is 4.78. The molecule has 2 atom stereocenters. The Morgan fingerprint density at radius 3 is 2.72 bits per heavy atom. The molecule has 0 spiro atoms. The van der Waals surface area contributed by atoms with Gasteiger partial charge in [0.1, 0.15) is 12.1 Å². The van der Waals surface area contributed by atoms with Crippen molar-refractivity contribution in [2.75, 3.05) is 4.90 Å². The van der Waals surface area contributed by atoms with Crippen LogP contribution in [0, 0.1) is 0 Å². The summed E-state index contributed by atoms with van der Waals surface area (Å²) in [7, 11) is 0. The monoisotopic (exact) mass is 266 g/mol. The summed E-state index contributed by atoms with van der Waals surface area (Å²) in [4.78, 5) is 25.7. The first-order valence-electron chi connectivity index (χ1n) is 5.93. The number of rotatable bonds is 2. The predicted molar refractivity (Wildman–Crippen MR) is 70.6 cm³/mol. The van der Waals surface area contributed by atoms with Crippen LogP contribution in [0.15, 0.2) is 24.3 Å². The zero-order chi connectivity index (χ0) is 13.3. The van der Waals surface area contributed by atoms with Crippen molar-refractivity contribution < 1.29 is 9.59 Å². The van der Waals surface area contributed by atoms with E-state index in [0.717, 1.165) is 0 Å². The van der Waals surface area contributed by atoms with Crippen LogP contribution in [0.25, 0.3) is 0 Å². The lowest BCUT2D eigenvalue weighted by molar-refractivity contribution is -0.133. The molecule has 2 rings (SSSR count). The van der Waals surface area contributed by atoms with Crippen LogP contribution in [0.3, 0.4) is 0 Å². The highest BCUT2D eigenvalue weighted by Crippen LogP contribution is 2.25. The van der Waals surface area contributed by atoms with Gasteiger partial charge in [0.05, 0.1) is 0 Å². The van der Waals surface area contributed by atoms with Gasteiger partial charge < -0.3 is 5.32 Å². The Morgan fingerprint density at radius 1 is 1.39 bits per heavy atom. The van der Waals surface area contributed by atoms with E-state index in [1.54, 1.807) is 31.2 Å². The number of hydrogen-bond acceptors (Lipinski definition) is 2. The highest BCUT2D eigenvalue weighted by molar-refractivity contribution is 6.31. The Morgan fingerprint density at radius 2 is 2.11 bits per heavy atom. The molecular weight excluding hydrogens is 252 g/mol. The van der Waals surface area contributed by atoms with Crippen molar-refractivity contribution in [3.8, 4) is 0 Å². The molecule has 4 nitrogen and oxygen atoms in total. The molecule has 5 heteroatoms. The van der Waals surface area contributed by atoms with Crippen LogP contribution < -0.4 is 10.2 Å². The van der Waals surface area contributed by atoms with Crippen LogP contribution in [0.1, 0.15) is 20.3 Å². The van der Waals surface area contributed by atoms with Crippen molar-refractivity contribution in [1.82, 2.24) is 5.32 Å². The van der Waals surface area contributed by atoms with Crippen molar-refractivity contribution in [1.29, 1.82) is 0 Å². The highest BCUT2D eigenvalue weighted by Gasteiger charge is 2.38. The van der Waals surface area contributed by atoms with E-state index in [2.05, 4.69) is 5.32 Å². The van der Waals surface area contributed by atoms with Gasteiger partial charge in [-0.25, -0.2) is 0 Å². The first-order chi connectivity index (χ1) is 8.54. The average molecular weight is 267 g/mol. The second kappa shape index (κ2) is 4.98. The molecule has 0 bridgehead atoms. The number of carbonyl (C=O) groups excluding carboxylic acids is 2. The maximum Gasteiger partial charge on any atom is 0.250 e. The summed E-state index contributed by atoms with van der Waals surface area (Å²) in [6, 6.07) is 6.04. The molecule has 1 N–H and O–H groups in total. The molecule has 1 heterocycles.